The molecule has 0 N–H and O–H groups in total. The highest BCUT2D eigenvalue weighted by atomic mass is 35.5. The molecule has 0 saturated carbocycles. The van der Waals surface area contributed by atoms with Crippen molar-refractivity contribution in [3.8, 4) is 11.1 Å². The number of halogens is 2. The number of nitrogens with zero attached hydrogens (tertiary/aromatic N) is 5. The van der Waals surface area contributed by atoms with E-state index in [1.807, 2.05) is 50.9 Å². The van der Waals surface area contributed by atoms with Gasteiger partial charge in [0.15, 0.2) is 0 Å². The summed E-state index contributed by atoms with van der Waals surface area (Å²) in [5.74, 6) is 0.893. The summed E-state index contributed by atoms with van der Waals surface area (Å²) in [5.41, 5.74) is 7.31. The van der Waals surface area contributed by atoms with Crippen LogP contribution in [-0.4, -0.2) is 50.3 Å². The van der Waals surface area contributed by atoms with Gasteiger partial charge in [-0.25, -0.2) is 4.79 Å². The van der Waals surface area contributed by atoms with Crippen molar-refractivity contribution in [1.29, 1.82) is 0 Å². The maximum Gasteiger partial charge on any atom is 0.354 e. The van der Waals surface area contributed by atoms with Crippen molar-refractivity contribution in [2.75, 3.05) is 14.2 Å². The first-order valence-corrected chi connectivity index (χ1v) is 14.3. The molecule has 0 fully saturated rings. The molecule has 0 atom stereocenters. The molecule has 0 aliphatic heterocycles. The highest BCUT2D eigenvalue weighted by Crippen LogP contribution is 2.42. The third kappa shape index (κ3) is 5.55. The highest BCUT2D eigenvalue weighted by molar-refractivity contribution is 7.97. The van der Waals surface area contributed by atoms with Crippen molar-refractivity contribution in [2.45, 2.75) is 37.2 Å². The number of fused-ring (bicyclic) bond motifs is 1. The number of methoxy groups -OCH3 is 2. The summed E-state index contributed by atoms with van der Waals surface area (Å²) in [5, 5.41) is 10.7. The zero-order valence-corrected chi connectivity index (χ0v) is 25.1. The average molecular weight is 593 g/mol. The van der Waals surface area contributed by atoms with E-state index in [-0.39, 0.29) is 12.4 Å². The summed E-state index contributed by atoms with van der Waals surface area (Å²) >= 11 is 14.6. The van der Waals surface area contributed by atoms with E-state index in [1.54, 1.807) is 21.0 Å². The van der Waals surface area contributed by atoms with Gasteiger partial charge in [-0.15, -0.1) is 23.4 Å². The lowest BCUT2D eigenvalue weighted by atomic mass is 9.98. The van der Waals surface area contributed by atoms with Crippen LogP contribution in [0, 0.1) is 6.92 Å². The quantitative estimate of drug-likeness (QED) is 0.181. The molecule has 208 valence electrons. The zero-order chi connectivity index (χ0) is 28.4. The Kier molecular flexibility index (Phi) is 8.98. The molecule has 3 aromatic heterocycles. The SMILES string of the molecule is COC(=O)CCc1c(C(=O)OC)n(C)c2c(-c3c(CSCc4cc(CCl)n(C)n4)nn(C)c3C)c(Cl)ccc12. The lowest BCUT2D eigenvalue weighted by Gasteiger charge is -2.11. The fourth-order valence-corrected chi connectivity index (χ4v) is 6.24. The molecule has 9 nitrogen and oxygen atoms in total. The molecule has 0 radical (unpaired) electrons. The molecular formula is C27H31Cl2N5O4S. The standard InChI is InChI=1S/C27H31Cl2N5O4S/c1-15-23(21(31-33(15)3)14-39-13-16-11-17(12-28)34(4)30-16)24-20(29)9-7-18-19(8-10-22(35)37-5)26(27(36)38-6)32(2)25(18)24/h7,9,11H,8,10,12-14H2,1-6H3. The Labute approximate surface area is 241 Å². The lowest BCUT2D eigenvalue weighted by Crippen LogP contribution is -2.11. The van der Waals surface area contributed by atoms with E-state index in [0.717, 1.165) is 44.8 Å². The number of aryl methyl sites for hydroxylation is 4. The molecule has 3 heterocycles. The van der Waals surface area contributed by atoms with E-state index in [1.165, 1.54) is 14.2 Å². The van der Waals surface area contributed by atoms with Crippen LogP contribution in [0.1, 0.15) is 45.2 Å². The monoisotopic (exact) mass is 591 g/mol. The van der Waals surface area contributed by atoms with Gasteiger partial charge in [0.2, 0.25) is 0 Å². The second-order valence-corrected chi connectivity index (χ2v) is 10.8. The molecule has 0 aliphatic rings. The van der Waals surface area contributed by atoms with Gasteiger partial charge >= 0.3 is 11.9 Å². The Hall–Kier alpha value is -2.95. The summed E-state index contributed by atoms with van der Waals surface area (Å²) < 4.78 is 15.4. The summed E-state index contributed by atoms with van der Waals surface area (Å²) in [6.45, 7) is 2.00. The van der Waals surface area contributed by atoms with Crippen molar-refractivity contribution < 1.29 is 19.1 Å². The number of hydrogen-bond acceptors (Lipinski definition) is 7. The minimum atomic E-state index is -0.485. The summed E-state index contributed by atoms with van der Waals surface area (Å²) in [6.07, 6.45) is 0.447. The van der Waals surface area contributed by atoms with E-state index >= 15 is 0 Å². The van der Waals surface area contributed by atoms with Gasteiger partial charge in [-0.05, 0) is 31.0 Å². The number of alkyl halides is 1. The fourth-order valence-electron chi connectivity index (χ4n) is 4.90. The molecular weight excluding hydrogens is 561 g/mol. The Bertz CT molecular complexity index is 1560. The lowest BCUT2D eigenvalue weighted by molar-refractivity contribution is -0.140. The van der Waals surface area contributed by atoms with Crippen molar-refractivity contribution in [3.05, 3.63) is 57.3 Å². The predicted octanol–water partition coefficient (Wildman–Crippen LogP) is 5.34. The molecule has 0 amide bonds. The summed E-state index contributed by atoms with van der Waals surface area (Å²) in [6, 6.07) is 5.72. The Morgan fingerprint density at radius 3 is 2.41 bits per heavy atom. The third-order valence-corrected chi connectivity index (χ3v) is 8.47. The van der Waals surface area contributed by atoms with E-state index in [9.17, 15) is 9.59 Å². The van der Waals surface area contributed by atoms with Crippen LogP contribution >= 0.6 is 35.0 Å². The molecule has 0 unspecified atom stereocenters. The average Bonchev–Trinajstić information content (AvgIpc) is 3.52. The molecule has 4 rings (SSSR count). The van der Waals surface area contributed by atoms with Crippen LogP contribution in [0.3, 0.4) is 0 Å². The van der Waals surface area contributed by atoms with Crippen LogP contribution in [-0.2, 0) is 59.2 Å². The first kappa shape index (κ1) is 29.0. The number of rotatable bonds is 10. The molecule has 12 heteroatoms. The molecule has 4 aromatic rings. The minimum absolute atomic E-state index is 0.129. The van der Waals surface area contributed by atoms with Gasteiger partial charge in [0.05, 0.1) is 47.7 Å². The van der Waals surface area contributed by atoms with Crippen LogP contribution in [0.4, 0.5) is 0 Å². The summed E-state index contributed by atoms with van der Waals surface area (Å²) in [4.78, 5) is 24.9. The van der Waals surface area contributed by atoms with Crippen LogP contribution in [0.2, 0.25) is 5.02 Å². The van der Waals surface area contributed by atoms with Crippen molar-refractivity contribution in [3.63, 3.8) is 0 Å². The number of benzene rings is 1. The maximum atomic E-state index is 12.9. The van der Waals surface area contributed by atoms with Crippen LogP contribution in [0.5, 0.6) is 0 Å². The number of hydrogen-bond donors (Lipinski definition) is 0. The smallest absolute Gasteiger partial charge is 0.354 e. The van der Waals surface area contributed by atoms with Crippen LogP contribution in [0.25, 0.3) is 22.0 Å². The van der Waals surface area contributed by atoms with E-state index < -0.39 is 5.97 Å². The normalized spacial score (nSPS) is 11.4. The molecule has 0 aliphatic carbocycles. The maximum absolute atomic E-state index is 12.9. The van der Waals surface area contributed by atoms with Crippen molar-refractivity contribution in [2.24, 2.45) is 21.1 Å². The number of carbonyl (C=O) groups is 2. The number of carbonyl (C=O) groups excluding carboxylic acids is 2. The van der Waals surface area contributed by atoms with Gasteiger partial charge in [-0.1, -0.05) is 17.7 Å². The van der Waals surface area contributed by atoms with Gasteiger partial charge in [0.25, 0.3) is 0 Å². The van der Waals surface area contributed by atoms with Crippen molar-refractivity contribution in [1.82, 2.24) is 24.1 Å². The second-order valence-electron chi connectivity index (χ2n) is 9.18. The Morgan fingerprint density at radius 1 is 1.03 bits per heavy atom. The third-order valence-electron chi connectivity index (χ3n) is 6.90. The first-order valence-electron chi connectivity index (χ1n) is 12.3. The number of thioether (sulfide) groups is 1. The number of esters is 2. The molecule has 39 heavy (non-hydrogen) atoms. The first-order chi connectivity index (χ1) is 18.6. The molecule has 0 spiro atoms. The number of ether oxygens (including phenoxy) is 2. The van der Waals surface area contributed by atoms with Gasteiger partial charge in [0, 0.05) is 61.3 Å². The Balaban J connectivity index is 1.81. The highest BCUT2D eigenvalue weighted by Gasteiger charge is 2.28. The summed E-state index contributed by atoms with van der Waals surface area (Å²) in [7, 11) is 8.29. The predicted molar refractivity (Wildman–Crippen MR) is 154 cm³/mol. The second kappa shape index (κ2) is 12.1. The van der Waals surface area contributed by atoms with E-state index in [0.29, 0.717) is 40.1 Å². The minimum Gasteiger partial charge on any atom is -0.469 e. The number of aromatic nitrogens is 5. The van der Waals surface area contributed by atoms with Gasteiger partial charge in [-0.3, -0.25) is 14.2 Å². The molecule has 0 bridgehead atoms. The topological polar surface area (TPSA) is 93.2 Å². The Morgan fingerprint density at radius 2 is 1.77 bits per heavy atom. The molecule has 1 aromatic carbocycles. The fraction of sp³-hybridized carbons (Fsp3) is 0.407. The van der Waals surface area contributed by atoms with Crippen LogP contribution < -0.4 is 0 Å². The van der Waals surface area contributed by atoms with Crippen molar-refractivity contribution >= 4 is 57.8 Å². The van der Waals surface area contributed by atoms with Gasteiger partial charge in [0.1, 0.15) is 5.69 Å². The van der Waals surface area contributed by atoms with E-state index in [2.05, 4.69) is 5.10 Å². The largest absolute Gasteiger partial charge is 0.469 e. The van der Waals surface area contributed by atoms with E-state index in [4.69, 9.17) is 37.8 Å². The van der Waals surface area contributed by atoms with Gasteiger partial charge in [-0.2, -0.15) is 10.2 Å². The zero-order valence-electron chi connectivity index (χ0n) is 22.8. The van der Waals surface area contributed by atoms with Crippen LogP contribution in [0.15, 0.2) is 18.2 Å². The van der Waals surface area contributed by atoms with Gasteiger partial charge < -0.3 is 14.0 Å². The molecule has 0 saturated heterocycles.